The SMILES string of the molecule is CC(C)(C)OC(=O)C(Br)c1cc(F)ccc1C1CCC(C)(C)O1.CC(C)(C)OC(=O)C(c1cc(F)ccc1C1CCC(C)(C)O1)N1CC[C@@H](OCCCCc2ccc3c(n2)CCCC3)C1.c1cc2c(nc1CCCCO[C@@H]1CCNC1)CCCC2. The van der Waals surface area contributed by atoms with Gasteiger partial charge in [-0.3, -0.25) is 19.7 Å². The number of nitrogens with one attached hydrogen (secondary N) is 1. The summed E-state index contributed by atoms with van der Waals surface area (Å²) >= 11 is 3.37. The van der Waals surface area contributed by atoms with E-state index in [1.165, 1.54) is 110 Å². The third kappa shape index (κ3) is 20.4. The maximum atomic E-state index is 14.7. The number of unbranched alkanes of at least 4 members (excludes halogenated alkanes) is 2. The first-order valence-corrected chi connectivity index (χ1v) is 33.0. The van der Waals surface area contributed by atoms with Crippen molar-refractivity contribution < 1.29 is 46.8 Å². The number of ether oxygens (including phenoxy) is 6. The Kier molecular flexibility index (Phi) is 23.8. The summed E-state index contributed by atoms with van der Waals surface area (Å²) < 4.78 is 64.3. The fourth-order valence-corrected chi connectivity index (χ4v) is 13.1. The Hall–Kier alpha value is -4.22. The number of carbonyl (C=O) groups excluding carboxylic acids is 2. The number of likely N-dealkylation sites (tertiary alicyclic amines) is 1. The van der Waals surface area contributed by atoms with Crippen LogP contribution in [0.2, 0.25) is 0 Å². The summed E-state index contributed by atoms with van der Waals surface area (Å²) in [5.41, 5.74) is 9.24. The van der Waals surface area contributed by atoms with Gasteiger partial charge in [-0.2, -0.15) is 0 Å². The predicted molar refractivity (Wildman–Crippen MR) is 334 cm³/mol. The van der Waals surface area contributed by atoms with Gasteiger partial charge in [0.15, 0.2) is 0 Å². The number of benzene rings is 2. The van der Waals surface area contributed by atoms with Gasteiger partial charge in [-0.25, -0.2) is 13.6 Å². The third-order valence-electron chi connectivity index (χ3n) is 16.9. The maximum absolute atomic E-state index is 14.7. The number of hydrogen-bond acceptors (Lipinski definition) is 12. The minimum atomic E-state index is -0.722. The van der Waals surface area contributed by atoms with E-state index in [4.69, 9.17) is 38.4 Å². The molecule has 2 aromatic carbocycles. The maximum Gasteiger partial charge on any atom is 0.328 e. The van der Waals surface area contributed by atoms with Crippen LogP contribution in [0, 0.1) is 11.6 Å². The number of pyridine rings is 2. The van der Waals surface area contributed by atoms with Crippen molar-refractivity contribution in [1.82, 2.24) is 20.2 Å². The van der Waals surface area contributed by atoms with E-state index in [-0.39, 0.29) is 47.1 Å². The number of esters is 2. The summed E-state index contributed by atoms with van der Waals surface area (Å²) in [5.74, 6) is -1.53. The van der Waals surface area contributed by atoms with E-state index < -0.39 is 28.0 Å². The van der Waals surface area contributed by atoms with Gasteiger partial charge < -0.3 is 33.7 Å². The lowest BCUT2D eigenvalue weighted by molar-refractivity contribution is -0.161. The Morgan fingerprint density at radius 2 is 1.14 bits per heavy atom. The Morgan fingerprint density at radius 1 is 0.647 bits per heavy atom. The van der Waals surface area contributed by atoms with Crippen molar-refractivity contribution in [2.24, 2.45) is 0 Å². The zero-order valence-corrected chi connectivity index (χ0v) is 54.4. The number of fused-ring (bicyclic) bond motifs is 2. The number of carbonyl (C=O) groups is 2. The van der Waals surface area contributed by atoms with E-state index in [0.29, 0.717) is 36.9 Å². The van der Waals surface area contributed by atoms with Crippen LogP contribution >= 0.6 is 15.9 Å². The first-order chi connectivity index (χ1) is 40.4. The first kappa shape index (κ1) is 66.7. The highest BCUT2D eigenvalue weighted by atomic mass is 79.9. The normalized spacial score (nSPS) is 22.5. The monoisotopic (exact) mass is 1240 g/mol. The third-order valence-corrected chi connectivity index (χ3v) is 17.8. The number of halogens is 3. The van der Waals surface area contributed by atoms with Gasteiger partial charge >= 0.3 is 11.9 Å². The van der Waals surface area contributed by atoms with Crippen LogP contribution in [-0.2, 0) is 76.5 Å². The summed E-state index contributed by atoms with van der Waals surface area (Å²) in [7, 11) is 0. The van der Waals surface area contributed by atoms with Crippen molar-refractivity contribution in [3.05, 3.63) is 128 Å². The smallest absolute Gasteiger partial charge is 0.328 e. The van der Waals surface area contributed by atoms with Crippen LogP contribution in [0.15, 0.2) is 60.7 Å². The number of hydrogen-bond donors (Lipinski definition) is 1. The molecule has 0 bridgehead atoms. The highest BCUT2D eigenvalue weighted by molar-refractivity contribution is 9.09. The average molecular weight is 1240 g/mol. The number of alkyl halides is 1. The second-order valence-corrected chi connectivity index (χ2v) is 28.5. The van der Waals surface area contributed by atoms with Crippen LogP contribution in [0.1, 0.15) is 238 Å². The Balaban J connectivity index is 0.000000184. The first-order valence-electron chi connectivity index (χ1n) is 32.0. The summed E-state index contributed by atoms with van der Waals surface area (Å²) in [5, 5.41) is 3.33. The van der Waals surface area contributed by atoms with Crippen LogP contribution in [-0.4, -0.2) is 101 Å². The molecule has 1 N–H and O–H groups in total. The zero-order chi connectivity index (χ0) is 60.9. The van der Waals surface area contributed by atoms with Gasteiger partial charge in [-0.15, -0.1) is 0 Å². The lowest BCUT2D eigenvalue weighted by Gasteiger charge is -2.32. The predicted octanol–water partition coefficient (Wildman–Crippen LogP) is 15.1. The van der Waals surface area contributed by atoms with E-state index in [1.54, 1.807) is 32.9 Å². The molecule has 4 unspecified atom stereocenters. The minimum absolute atomic E-state index is 0.0236. The lowest BCUT2D eigenvalue weighted by Crippen LogP contribution is -2.38. The quantitative estimate of drug-likeness (QED) is 0.0545. The van der Waals surface area contributed by atoms with Gasteiger partial charge in [-0.05, 0) is 274 Å². The van der Waals surface area contributed by atoms with Crippen molar-refractivity contribution in [3.63, 3.8) is 0 Å². The van der Waals surface area contributed by atoms with Crippen LogP contribution in [0.3, 0.4) is 0 Å². The molecule has 6 aliphatic rings. The molecule has 6 atom stereocenters. The topological polar surface area (TPSA) is 131 Å². The van der Waals surface area contributed by atoms with Gasteiger partial charge in [0, 0.05) is 55.6 Å². The standard InChI is InChI=1S/C35H49FN2O4.C18H24BrFO3.C17H26N2O/c1-34(2,3)42-33(39)32(29-22-25(36)14-16-28(29)31-17-19-35(4,5)41-31)38-20-18-27(23-38)40-21-9-8-11-26-15-13-24-10-6-7-12-30(24)37-26;1-17(2,3)23-16(21)15(19)13-10-11(20)6-7-12(13)14-8-9-18(4,5)22-14;1-2-7-17-14(5-1)8-9-15(19-17)6-3-4-12-20-16-10-11-18-13-16/h13-16,22,27,31-32H,6-12,17-21,23H2,1-5H3;6-7,10,14-15H,8-9H2,1-5H3;8-9,16,18H,1-7,10-13H2/t27-,31?,32?;;16-/m1.1/s1. The van der Waals surface area contributed by atoms with Gasteiger partial charge in [0.05, 0.1) is 35.6 Å². The van der Waals surface area contributed by atoms with Gasteiger partial charge in [0.2, 0.25) is 0 Å². The van der Waals surface area contributed by atoms with Crippen molar-refractivity contribution in [2.45, 2.75) is 255 Å². The molecule has 4 fully saturated rings. The molecule has 4 saturated heterocycles. The van der Waals surface area contributed by atoms with Crippen LogP contribution in [0.25, 0.3) is 0 Å². The minimum Gasteiger partial charge on any atom is -0.459 e. The molecule has 6 heterocycles. The summed E-state index contributed by atoms with van der Waals surface area (Å²) in [6.07, 6.45) is 21.9. The number of aryl methyl sites for hydroxylation is 6. The fourth-order valence-electron chi connectivity index (χ4n) is 12.6. The van der Waals surface area contributed by atoms with E-state index in [0.717, 1.165) is 108 Å². The molecule has 2 aliphatic carbocycles. The molecule has 0 radical (unpaired) electrons. The van der Waals surface area contributed by atoms with E-state index in [2.05, 4.69) is 64.3 Å². The Labute approximate surface area is 515 Å². The number of aromatic nitrogens is 2. The van der Waals surface area contributed by atoms with Crippen LogP contribution < -0.4 is 5.32 Å². The van der Waals surface area contributed by atoms with Crippen LogP contribution in [0.4, 0.5) is 8.78 Å². The molecule has 0 saturated carbocycles. The zero-order valence-electron chi connectivity index (χ0n) is 52.9. The van der Waals surface area contributed by atoms with E-state index in [1.807, 2.05) is 34.6 Å². The molecule has 10 rings (SSSR count). The molecule has 15 heteroatoms. The molecular weight excluding hydrogens is 1140 g/mol. The molecule has 4 aromatic rings. The average Bonchev–Trinajstić information content (AvgIpc) is 2.66. The molecule has 0 amide bonds. The highest BCUT2D eigenvalue weighted by Crippen LogP contribution is 2.45. The fraction of sp³-hybridized carbons (Fsp3) is 0.657. The van der Waals surface area contributed by atoms with Gasteiger partial charge in [-0.1, -0.05) is 40.2 Å². The second kappa shape index (κ2) is 30.3. The molecule has 4 aliphatic heterocycles. The summed E-state index contributed by atoms with van der Waals surface area (Å²) in [4.78, 5) is 37.2. The van der Waals surface area contributed by atoms with E-state index >= 15 is 0 Å². The van der Waals surface area contributed by atoms with E-state index in [9.17, 15) is 18.4 Å². The number of rotatable bonds is 19. The molecular formula is C70H99BrF2N4O8. The number of nitrogens with zero attached hydrogens (tertiary/aromatic N) is 3. The Bertz CT molecular complexity index is 2830. The van der Waals surface area contributed by atoms with Crippen molar-refractivity contribution >= 4 is 27.9 Å². The molecule has 12 nitrogen and oxygen atoms in total. The largest absolute Gasteiger partial charge is 0.459 e. The van der Waals surface area contributed by atoms with Crippen molar-refractivity contribution in [2.75, 3.05) is 39.4 Å². The molecule has 468 valence electrons. The second-order valence-electron chi connectivity index (χ2n) is 27.6. The molecule has 2 aromatic heterocycles. The summed E-state index contributed by atoms with van der Waals surface area (Å²) in [6.45, 7) is 24.3. The summed E-state index contributed by atoms with van der Waals surface area (Å²) in [6, 6.07) is 17.5. The lowest BCUT2D eigenvalue weighted by atomic mass is 9.93. The molecule has 85 heavy (non-hydrogen) atoms. The highest BCUT2D eigenvalue weighted by Gasteiger charge is 2.42. The van der Waals surface area contributed by atoms with Gasteiger partial charge in [0.1, 0.15) is 33.7 Å². The van der Waals surface area contributed by atoms with Crippen LogP contribution in [0.5, 0.6) is 0 Å². The molecule has 0 spiro atoms. The van der Waals surface area contributed by atoms with Crippen molar-refractivity contribution in [3.8, 4) is 0 Å². The van der Waals surface area contributed by atoms with Crippen molar-refractivity contribution in [1.29, 1.82) is 0 Å². The van der Waals surface area contributed by atoms with Gasteiger partial charge in [0.25, 0.3) is 0 Å². The Morgan fingerprint density at radius 3 is 1.64 bits per heavy atom.